The summed E-state index contributed by atoms with van der Waals surface area (Å²) >= 11 is 0. The molecule has 22 heavy (non-hydrogen) atoms. The number of hydrogen-bond acceptors (Lipinski definition) is 2. The fourth-order valence-corrected chi connectivity index (χ4v) is 3.88. The van der Waals surface area contributed by atoms with Crippen LogP contribution in [-0.4, -0.2) is 50.3 Å². The lowest BCUT2D eigenvalue weighted by atomic mass is 9.81. The Morgan fingerprint density at radius 3 is 2.23 bits per heavy atom. The zero-order valence-corrected chi connectivity index (χ0v) is 14.8. The van der Waals surface area contributed by atoms with Crippen LogP contribution in [0.5, 0.6) is 0 Å². The fraction of sp³-hybridized carbons (Fsp3) is 0.944. The summed E-state index contributed by atoms with van der Waals surface area (Å²) in [4.78, 5) is 6.88. The van der Waals surface area contributed by atoms with Crippen LogP contribution in [0.25, 0.3) is 0 Å². The predicted octanol–water partition coefficient (Wildman–Crippen LogP) is 3.28. The molecule has 0 spiro atoms. The summed E-state index contributed by atoms with van der Waals surface area (Å²) in [5.74, 6) is 2.90. The maximum Gasteiger partial charge on any atom is 0.193 e. The molecule has 0 amide bonds. The molecule has 4 nitrogen and oxygen atoms in total. The summed E-state index contributed by atoms with van der Waals surface area (Å²) in [6.07, 6.45) is 9.65. The van der Waals surface area contributed by atoms with Crippen molar-refractivity contribution in [1.29, 1.82) is 0 Å². The molecule has 1 aliphatic heterocycles. The van der Waals surface area contributed by atoms with E-state index in [0.29, 0.717) is 6.10 Å². The number of nitrogens with one attached hydrogen (secondary N) is 1. The molecule has 2 rings (SSSR count). The van der Waals surface area contributed by atoms with E-state index in [1.165, 1.54) is 32.1 Å². The summed E-state index contributed by atoms with van der Waals surface area (Å²) in [7, 11) is 1.91. The van der Waals surface area contributed by atoms with E-state index in [2.05, 4.69) is 29.1 Å². The molecule has 0 aromatic heterocycles. The van der Waals surface area contributed by atoms with Gasteiger partial charge in [-0.1, -0.05) is 26.2 Å². The first-order valence-electron chi connectivity index (χ1n) is 9.34. The molecule has 0 unspecified atom stereocenters. The molecule has 0 radical (unpaired) electrons. The van der Waals surface area contributed by atoms with Crippen LogP contribution in [0.2, 0.25) is 0 Å². The standard InChI is InChI=1S/C18H35N3O/c1-4-15-6-8-16(9-7-15)14-20-18(19-3)21-12-10-17(11-13-21)22-5-2/h15-17H,4-14H2,1-3H3,(H,19,20). The van der Waals surface area contributed by atoms with Gasteiger partial charge in [-0.3, -0.25) is 4.99 Å². The Kier molecular flexibility index (Phi) is 7.50. The Labute approximate surface area is 136 Å². The first-order valence-corrected chi connectivity index (χ1v) is 9.34. The maximum atomic E-state index is 5.73. The third kappa shape index (κ3) is 5.15. The highest BCUT2D eigenvalue weighted by Gasteiger charge is 2.23. The smallest absolute Gasteiger partial charge is 0.193 e. The molecule has 4 heteroatoms. The van der Waals surface area contributed by atoms with Crippen LogP contribution in [0, 0.1) is 11.8 Å². The van der Waals surface area contributed by atoms with Gasteiger partial charge in [0.05, 0.1) is 6.10 Å². The second-order valence-electron chi connectivity index (χ2n) is 6.86. The molecular weight excluding hydrogens is 274 g/mol. The van der Waals surface area contributed by atoms with E-state index in [0.717, 1.165) is 56.9 Å². The summed E-state index contributed by atoms with van der Waals surface area (Å²) in [5, 5.41) is 3.62. The summed E-state index contributed by atoms with van der Waals surface area (Å²) < 4.78 is 5.73. The third-order valence-corrected chi connectivity index (χ3v) is 5.45. The normalized spacial score (nSPS) is 28.0. The largest absolute Gasteiger partial charge is 0.378 e. The monoisotopic (exact) mass is 309 g/mol. The van der Waals surface area contributed by atoms with Crippen LogP contribution < -0.4 is 5.32 Å². The highest BCUT2D eigenvalue weighted by Crippen LogP contribution is 2.30. The zero-order valence-electron chi connectivity index (χ0n) is 14.8. The maximum absolute atomic E-state index is 5.73. The van der Waals surface area contributed by atoms with Crippen LogP contribution >= 0.6 is 0 Å². The molecule has 1 saturated carbocycles. The molecule has 1 heterocycles. The molecule has 1 N–H and O–H groups in total. The number of hydrogen-bond donors (Lipinski definition) is 1. The van der Waals surface area contributed by atoms with Crippen molar-refractivity contribution in [3.63, 3.8) is 0 Å². The minimum absolute atomic E-state index is 0.448. The van der Waals surface area contributed by atoms with Gasteiger partial charge in [0.25, 0.3) is 0 Å². The molecule has 0 aromatic carbocycles. The number of likely N-dealkylation sites (tertiary alicyclic amines) is 1. The summed E-state index contributed by atoms with van der Waals surface area (Å²) in [6.45, 7) is 8.46. The van der Waals surface area contributed by atoms with E-state index in [-0.39, 0.29) is 0 Å². The fourth-order valence-electron chi connectivity index (χ4n) is 3.88. The van der Waals surface area contributed by atoms with Gasteiger partial charge in [-0.2, -0.15) is 0 Å². The SMILES string of the molecule is CCOC1CCN(C(=NC)NCC2CCC(CC)CC2)CC1. The molecule has 1 aliphatic carbocycles. The molecule has 128 valence electrons. The van der Waals surface area contributed by atoms with Crippen molar-refractivity contribution in [1.82, 2.24) is 10.2 Å². The van der Waals surface area contributed by atoms with Gasteiger partial charge in [0.2, 0.25) is 0 Å². The van der Waals surface area contributed by atoms with Gasteiger partial charge in [-0.25, -0.2) is 0 Å². The summed E-state index contributed by atoms with van der Waals surface area (Å²) in [5.41, 5.74) is 0. The van der Waals surface area contributed by atoms with Crippen LogP contribution in [0.1, 0.15) is 58.8 Å². The van der Waals surface area contributed by atoms with Crippen LogP contribution in [0.3, 0.4) is 0 Å². The van der Waals surface area contributed by atoms with Gasteiger partial charge in [-0.05, 0) is 44.4 Å². The lowest BCUT2D eigenvalue weighted by molar-refractivity contribution is 0.0263. The molecular formula is C18H35N3O. The van der Waals surface area contributed by atoms with Crippen LogP contribution in [0.15, 0.2) is 4.99 Å². The number of rotatable bonds is 5. The van der Waals surface area contributed by atoms with Gasteiger partial charge in [0.1, 0.15) is 0 Å². The number of piperidine rings is 1. The number of nitrogens with zero attached hydrogens (tertiary/aromatic N) is 2. The molecule has 0 aromatic rings. The molecule has 0 atom stereocenters. The van der Waals surface area contributed by atoms with E-state index in [9.17, 15) is 0 Å². The highest BCUT2D eigenvalue weighted by molar-refractivity contribution is 5.79. The van der Waals surface area contributed by atoms with Gasteiger partial charge in [0.15, 0.2) is 5.96 Å². The van der Waals surface area contributed by atoms with Gasteiger partial charge >= 0.3 is 0 Å². The third-order valence-electron chi connectivity index (χ3n) is 5.45. The van der Waals surface area contributed by atoms with Crippen LogP contribution in [0.4, 0.5) is 0 Å². The van der Waals surface area contributed by atoms with Crippen molar-refractivity contribution < 1.29 is 4.74 Å². The zero-order chi connectivity index (χ0) is 15.8. The van der Waals surface area contributed by atoms with Gasteiger partial charge < -0.3 is 15.0 Å². The minimum Gasteiger partial charge on any atom is -0.378 e. The molecule has 2 fully saturated rings. The Hall–Kier alpha value is -0.770. The van der Waals surface area contributed by atoms with Crippen molar-refractivity contribution in [2.75, 3.05) is 33.3 Å². The predicted molar refractivity (Wildman–Crippen MR) is 93.3 cm³/mol. The quantitative estimate of drug-likeness (QED) is 0.625. The molecule has 2 aliphatic rings. The summed E-state index contributed by atoms with van der Waals surface area (Å²) in [6, 6.07) is 0. The van der Waals surface area contributed by atoms with Gasteiger partial charge in [0, 0.05) is 33.3 Å². The van der Waals surface area contributed by atoms with E-state index in [1.807, 2.05) is 7.05 Å². The van der Waals surface area contributed by atoms with Gasteiger partial charge in [-0.15, -0.1) is 0 Å². The van der Waals surface area contributed by atoms with Crippen molar-refractivity contribution in [2.24, 2.45) is 16.8 Å². The molecule has 1 saturated heterocycles. The average Bonchev–Trinajstić information content (AvgIpc) is 2.57. The first kappa shape index (κ1) is 17.6. The van der Waals surface area contributed by atoms with Crippen molar-refractivity contribution in [2.45, 2.75) is 64.9 Å². The second-order valence-corrected chi connectivity index (χ2v) is 6.86. The van der Waals surface area contributed by atoms with Crippen molar-refractivity contribution in [3.8, 4) is 0 Å². The minimum atomic E-state index is 0.448. The Morgan fingerprint density at radius 1 is 1.05 bits per heavy atom. The Morgan fingerprint density at radius 2 is 1.68 bits per heavy atom. The van der Waals surface area contributed by atoms with E-state index in [1.54, 1.807) is 0 Å². The molecule has 0 bridgehead atoms. The number of aliphatic imine (C=N–C) groups is 1. The number of guanidine groups is 1. The lowest BCUT2D eigenvalue weighted by Crippen LogP contribution is -2.48. The van der Waals surface area contributed by atoms with Crippen LogP contribution in [-0.2, 0) is 4.74 Å². The van der Waals surface area contributed by atoms with Crippen molar-refractivity contribution >= 4 is 5.96 Å². The second kappa shape index (κ2) is 9.39. The van der Waals surface area contributed by atoms with E-state index < -0.39 is 0 Å². The first-order chi connectivity index (χ1) is 10.8. The Balaban J connectivity index is 1.70. The lowest BCUT2D eigenvalue weighted by Gasteiger charge is -2.35. The van der Waals surface area contributed by atoms with E-state index in [4.69, 9.17) is 4.74 Å². The Bertz CT molecular complexity index is 329. The average molecular weight is 309 g/mol. The van der Waals surface area contributed by atoms with E-state index >= 15 is 0 Å². The topological polar surface area (TPSA) is 36.9 Å². The highest BCUT2D eigenvalue weighted by atomic mass is 16.5. The van der Waals surface area contributed by atoms with Crippen molar-refractivity contribution in [3.05, 3.63) is 0 Å². The number of ether oxygens (including phenoxy) is 1.